The summed E-state index contributed by atoms with van der Waals surface area (Å²) in [6.07, 6.45) is 2.62. The lowest BCUT2D eigenvalue weighted by Gasteiger charge is -2.30. The molecule has 0 bridgehead atoms. The fraction of sp³-hybridized carbons (Fsp3) is 0.458. The summed E-state index contributed by atoms with van der Waals surface area (Å²) in [6, 6.07) is 14.1. The minimum Gasteiger partial charge on any atom is -0.491 e. The molecule has 150 valence electrons. The number of amides is 1. The summed E-state index contributed by atoms with van der Waals surface area (Å²) in [4.78, 5) is 14.9. The summed E-state index contributed by atoms with van der Waals surface area (Å²) >= 11 is 0. The number of hydrogen-bond donors (Lipinski definition) is 1. The maximum Gasteiger partial charge on any atom is 0.251 e. The van der Waals surface area contributed by atoms with Gasteiger partial charge in [-0.25, -0.2) is 0 Å². The number of likely N-dealkylation sites (tertiary alicyclic amines) is 1. The highest BCUT2D eigenvalue weighted by atomic mass is 16.5. The molecule has 0 saturated carbocycles. The first-order valence-corrected chi connectivity index (χ1v) is 10.3. The SMILES string of the molecule is Cc1ccc(C)c(OCCNC(=O)c2ccc(CN3CCC[C@H](C)C3)cc2)c1. The number of benzene rings is 2. The Labute approximate surface area is 168 Å². The number of nitrogens with one attached hydrogen (secondary N) is 1. The van der Waals surface area contributed by atoms with Gasteiger partial charge in [0.15, 0.2) is 0 Å². The number of carbonyl (C=O) groups excluding carboxylic acids is 1. The molecule has 2 aromatic rings. The fourth-order valence-corrected chi connectivity index (χ4v) is 3.74. The van der Waals surface area contributed by atoms with Gasteiger partial charge in [-0.2, -0.15) is 0 Å². The van der Waals surface area contributed by atoms with Gasteiger partial charge in [0, 0.05) is 18.7 Å². The second kappa shape index (κ2) is 9.74. The van der Waals surface area contributed by atoms with Gasteiger partial charge in [-0.15, -0.1) is 0 Å². The number of nitrogens with zero attached hydrogens (tertiary/aromatic N) is 1. The van der Waals surface area contributed by atoms with Gasteiger partial charge in [0.1, 0.15) is 12.4 Å². The Kier molecular flexibility index (Phi) is 7.10. The first kappa shape index (κ1) is 20.4. The first-order valence-electron chi connectivity index (χ1n) is 10.3. The Bertz CT molecular complexity index is 786. The van der Waals surface area contributed by atoms with E-state index in [-0.39, 0.29) is 5.91 Å². The molecule has 1 atom stereocenters. The summed E-state index contributed by atoms with van der Waals surface area (Å²) in [7, 11) is 0. The van der Waals surface area contributed by atoms with Gasteiger partial charge in [-0.05, 0) is 74.0 Å². The van der Waals surface area contributed by atoms with Crippen LogP contribution in [0, 0.1) is 19.8 Å². The highest BCUT2D eigenvalue weighted by Gasteiger charge is 2.16. The molecule has 4 nitrogen and oxygen atoms in total. The molecule has 28 heavy (non-hydrogen) atoms. The predicted molar refractivity (Wildman–Crippen MR) is 114 cm³/mol. The summed E-state index contributed by atoms with van der Waals surface area (Å²) < 4.78 is 5.80. The minimum atomic E-state index is -0.0530. The van der Waals surface area contributed by atoms with Crippen molar-refractivity contribution in [1.82, 2.24) is 10.2 Å². The molecule has 1 aliphatic rings. The summed E-state index contributed by atoms with van der Waals surface area (Å²) in [5.41, 5.74) is 4.24. The molecule has 0 aromatic heterocycles. The molecule has 1 aliphatic heterocycles. The van der Waals surface area contributed by atoms with Crippen molar-refractivity contribution >= 4 is 5.91 Å². The zero-order valence-corrected chi connectivity index (χ0v) is 17.3. The van der Waals surface area contributed by atoms with Crippen molar-refractivity contribution in [2.45, 2.75) is 40.2 Å². The first-order chi connectivity index (χ1) is 13.5. The van der Waals surface area contributed by atoms with E-state index >= 15 is 0 Å². The normalized spacial score (nSPS) is 17.3. The van der Waals surface area contributed by atoms with Crippen LogP contribution in [0.25, 0.3) is 0 Å². The lowest BCUT2D eigenvalue weighted by atomic mass is 9.99. The zero-order chi connectivity index (χ0) is 19.9. The third-order valence-electron chi connectivity index (χ3n) is 5.35. The highest BCUT2D eigenvalue weighted by molar-refractivity contribution is 5.94. The molecule has 1 saturated heterocycles. The molecular formula is C24H32N2O2. The molecule has 1 amide bonds. The van der Waals surface area contributed by atoms with E-state index in [4.69, 9.17) is 4.74 Å². The van der Waals surface area contributed by atoms with Gasteiger partial charge in [0.05, 0.1) is 6.54 Å². The maximum absolute atomic E-state index is 12.3. The molecule has 2 aromatic carbocycles. The zero-order valence-electron chi connectivity index (χ0n) is 17.3. The lowest BCUT2D eigenvalue weighted by Crippen LogP contribution is -2.33. The molecule has 4 heteroatoms. The number of aryl methyl sites for hydroxylation is 2. The van der Waals surface area contributed by atoms with E-state index in [1.807, 2.05) is 32.0 Å². The molecule has 0 aliphatic carbocycles. The van der Waals surface area contributed by atoms with Gasteiger partial charge in [0.2, 0.25) is 0 Å². The van der Waals surface area contributed by atoms with Crippen molar-refractivity contribution in [3.8, 4) is 5.75 Å². The third-order valence-corrected chi connectivity index (χ3v) is 5.35. The minimum absolute atomic E-state index is 0.0530. The average molecular weight is 381 g/mol. The quantitative estimate of drug-likeness (QED) is 0.727. The van der Waals surface area contributed by atoms with Gasteiger partial charge in [0.25, 0.3) is 5.91 Å². The molecule has 0 radical (unpaired) electrons. The van der Waals surface area contributed by atoms with Crippen LogP contribution in [0.15, 0.2) is 42.5 Å². The van der Waals surface area contributed by atoms with Crippen LogP contribution >= 0.6 is 0 Å². The van der Waals surface area contributed by atoms with Crippen LogP contribution in [0.4, 0.5) is 0 Å². The number of piperidine rings is 1. The van der Waals surface area contributed by atoms with Crippen molar-refractivity contribution in [3.05, 3.63) is 64.7 Å². The standard InChI is InChI=1S/C24H32N2O2/c1-18-6-7-20(3)23(15-18)28-14-12-25-24(27)22-10-8-21(9-11-22)17-26-13-4-5-19(2)16-26/h6-11,15,19H,4-5,12-14,16-17H2,1-3H3,(H,25,27)/t19-/m0/s1. The van der Waals surface area contributed by atoms with E-state index in [1.165, 1.54) is 37.1 Å². The van der Waals surface area contributed by atoms with E-state index < -0.39 is 0 Å². The van der Waals surface area contributed by atoms with Crippen molar-refractivity contribution in [2.75, 3.05) is 26.2 Å². The van der Waals surface area contributed by atoms with Crippen LogP contribution in [0.1, 0.15) is 46.8 Å². The molecule has 0 unspecified atom stereocenters. The van der Waals surface area contributed by atoms with Crippen molar-refractivity contribution in [2.24, 2.45) is 5.92 Å². The summed E-state index contributed by atoms with van der Waals surface area (Å²) in [5, 5.41) is 2.94. The van der Waals surface area contributed by atoms with Crippen molar-refractivity contribution in [3.63, 3.8) is 0 Å². The summed E-state index contributed by atoms with van der Waals surface area (Å²) in [6.45, 7) is 10.7. The smallest absolute Gasteiger partial charge is 0.251 e. The average Bonchev–Trinajstić information content (AvgIpc) is 2.68. The topological polar surface area (TPSA) is 41.6 Å². The fourth-order valence-electron chi connectivity index (χ4n) is 3.74. The van der Waals surface area contributed by atoms with Crippen LogP contribution in [0.3, 0.4) is 0 Å². The predicted octanol–water partition coefficient (Wildman–Crippen LogP) is 4.34. The monoisotopic (exact) mass is 380 g/mol. The van der Waals surface area contributed by atoms with Gasteiger partial charge < -0.3 is 10.1 Å². The van der Waals surface area contributed by atoms with Gasteiger partial charge in [-0.1, -0.05) is 31.2 Å². The van der Waals surface area contributed by atoms with E-state index in [0.29, 0.717) is 18.7 Å². The second-order valence-corrected chi connectivity index (χ2v) is 8.05. The van der Waals surface area contributed by atoms with Crippen LogP contribution in [0.2, 0.25) is 0 Å². The highest BCUT2D eigenvalue weighted by Crippen LogP contribution is 2.19. The van der Waals surface area contributed by atoms with E-state index in [0.717, 1.165) is 23.8 Å². The molecular weight excluding hydrogens is 348 g/mol. The van der Waals surface area contributed by atoms with E-state index in [1.54, 1.807) is 0 Å². The molecule has 1 heterocycles. The molecule has 1 fully saturated rings. The number of carbonyl (C=O) groups is 1. The number of rotatable bonds is 7. The van der Waals surface area contributed by atoms with Crippen molar-refractivity contribution in [1.29, 1.82) is 0 Å². The third kappa shape index (κ3) is 5.83. The Hall–Kier alpha value is -2.33. The van der Waals surface area contributed by atoms with E-state index in [2.05, 4.69) is 41.4 Å². The van der Waals surface area contributed by atoms with Crippen LogP contribution < -0.4 is 10.1 Å². The van der Waals surface area contributed by atoms with Crippen molar-refractivity contribution < 1.29 is 9.53 Å². The summed E-state index contributed by atoms with van der Waals surface area (Å²) in [5.74, 6) is 1.61. The maximum atomic E-state index is 12.3. The Morgan fingerprint density at radius 2 is 1.96 bits per heavy atom. The number of ether oxygens (including phenoxy) is 1. The number of hydrogen-bond acceptors (Lipinski definition) is 3. The van der Waals surface area contributed by atoms with E-state index in [9.17, 15) is 4.79 Å². The van der Waals surface area contributed by atoms with Gasteiger partial charge in [-0.3, -0.25) is 9.69 Å². The lowest BCUT2D eigenvalue weighted by molar-refractivity contribution is 0.0947. The van der Waals surface area contributed by atoms with Gasteiger partial charge >= 0.3 is 0 Å². The molecule has 0 spiro atoms. The molecule has 1 N–H and O–H groups in total. The Balaban J connectivity index is 1.43. The van der Waals surface area contributed by atoms with Crippen LogP contribution in [0.5, 0.6) is 5.75 Å². The second-order valence-electron chi connectivity index (χ2n) is 8.05. The Morgan fingerprint density at radius 1 is 1.18 bits per heavy atom. The van der Waals surface area contributed by atoms with Crippen LogP contribution in [-0.4, -0.2) is 37.0 Å². The molecule has 3 rings (SSSR count). The van der Waals surface area contributed by atoms with Crippen LogP contribution in [-0.2, 0) is 6.54 Å². The largest absolute Gasteiger partial charge is 0.491 e. The Morgan fingerprint density at radius 3 is 2.71 bits per heavy atom.